The standard InChI is InChI=1S/C17H16F3N5O3/c18-17(19,20)15-22-16(21)25(23-15)12(26)8-2-1-5-9-24-13(27)10-6-3-4-7-11(10)14(24)28/h3-4,6-7H,1-2,5,8-9H2,(H2,21,22,23). The second-order valence-corrected chi connectivity index (χ2v) is 6.22. The van der Waals surface area contributed by atoms with Crippen molar-refractivity contribution in [1.29, 1.82) is 0 Å². The quantitative estimate of drug-likeness (QED) is 0.594. The summed E-state index contributed by atoms with van der Waals surface area (Å²) in [4.78, 5) is 40.6. The number of carbonyl (C=O) groups is 3. The Morgan fingerprint density at radius 3 is 2.18 bits per heavy atom. The molecule has 8 nitrogen and oxygen atoms in total. The Bertz CT molecular complexity index is 903. The second-order valence-electron chi connectivity index (χ2n) is 6.22. The van der Waals surface area contributed by atoms with Crippen LogP contribution in [-0.2, 0) is 6.18 Å². The molecule has 2 heterocycles. The molecule has 2 aromatic rings. The molecule has 0 bridgehead atoms. The van der Waals surface area contributed by atoms with Crippen molar-refractivity contribution in [2.75, 3.05) is 12.3 Å². The van der Waals surface area contributed by atoms with Crippen molar-refractivity contribution < 1.29 is 27.6 Å². The van der Waals surface area contributed by atoms with Crippen LogP contribution in [0.3, 0.4) is 0 Å². The fourth-order valence-electron chi connectivity index (χ4n) is 2.90. The molecular formula is C17H16F3N5O3. The van der Waals surface area contributed by atoms with Gasteiger partial charge in [-0.25, -0.2) is 0 Å². The van der Waals surface area contributed by atoms with Gasteiger partial charge in [-0.2, -0.15) is 22.8 Å². The summed E-state index contributed by atoms with van der Waals surface area (Å²) in [7, 11) is 0. The number of nitrogens with two attached hydrogens (primary N) is 1. The number of aromatic nitrogens is 3. The van der Waals surface area contributed by atoms with E-state index in [-0.39, 0.29) is 24.8 Å². The molecule has 0 atom stereocenters. The molecule has 11 heteroatoms. The third-order valence-electron chi connectivity index (χ3n) is 4.27. The molecule has 2 amide bonds. The first-order valence-electron chi connectivity index (χ1n) is 8.48. The number of nitrogens with zero attached hydrogens (tertiary/aromatic N) is 4. The van der Waals surface area contributed by atoms with E-state index in [4.69, 9.17) is 5.73 Å². The van der Waals surface area contributed by atoms with Gasteiger partial charge in [-0.15, -0.1) is 5.10 Å². The van der Waals surface area contributed by atoms with Crippen molar-refractivity contribution in [3.05, 3.63) is 41.2 Å². The van der Waals surface area contributed by atoms with Crippen LogP contribution in [0, 0.1) is 0 Å². The zero-order chi connectivity index (χ0) is 20.5. The van der Waals surface area contributed by atoms with Gasteiger partial charge in [0.1, 0.15) is 0 Å². The van der Waals surface area contributed by atoms with E-state index in [1.165, 1.54) is 0 Å². The van der Waals surface area contributed by atoms with E-state index >= 15 is 0 Å². The molecule has 0 saturated carbocycles. The lowest BCUT2D eigenvalue weighted by Crippen LogP contribution is -2.30. The minimum absolute atomic E-state index is 0.0903. The maximum absolute atomic E-state index is 12.5. The zero-order valence-electron chi connectivity index (χ0n) is 14.6. The lowest BCUT2D eigenvalue weighted by atomic mass is 10.1. The normalized spacial score (nSPS) is 13.9. The Morgan fingerprint density at radius 2 is 1.64 bits per heavy atom. The van der Waals surface area contributed by atoms with Gasteiger partial charge in [-0.1, -0.05) is 18.6 Å². The monoisotopic (exact) mass is 395 g/mol. The fourth-order valence-corrected chi connectivity index (χ4v) is 2.90. The molecule has 0 fully saturated rings. The smallest absolute Gasteiger partial charge is 0.368 e. The molecule has 0 aliphatic carbocycles. The molecule has 1 aliphatic heterocycles. The molecule has 2 N–H and O–H groups in total. The maximum Gasteiger partial charge on any atom is 0.453 e. The largest absolute Gasteiger partial charge is 0.453 e. The first kappa shape index (κ1) is 19.5. The summed E-state index contributed by atoms with van der Waals surface area (Å²) in [6.07, 6.45) is -3.60. The molecule has 0 saturated heterocycles. The minimum atomic E-state index is -4.79. The van der Waals surface area contributed by atoms with Gasteiger partial charge in [0.2, 0.25) is 11.9 Å². The van der Waals surface area contributed by atoms with E-state index < -0.39 is 23.9 Å². The Hall–Kier alpha value is -3.24. The highest BCUT2D eigenvalue weighted by Gasteiger charge is 2.37. The fraction of sp³-hybridized carbons (Fsp3) is 0.353. The molecule has 0 radical (unpaired) electrons. The van der Waals surface area contributed by atoms with Crippen molar-refractivity contribution >= 4 is 23.7 Å². The molecule has 1 aromatic carbocycles. The predicted octanol–water partition coefficient (Wildman–Crippen LogP) is 2.38. The van der Waals surface area contributed by atoms with Crippen LogP contribution in [0.25, 0.3) is 0 Å². The zero-order valence-corrected chi connectivity index (χ0v) is 14.6. The first-order valence-corrected chi connectivity index (χ1v) is 8.48. The molecule has 148 valence electrons. The number of hydrogen-bond donors (Lipinski definition) is 1. The van der Waals surface area contributed by atoms with E-state index in [0.717, 1.165) is 4.90 Å². The lowest BCUT2D eigenvalue weighted by Gasteiger charge is -2.13. The van der Waals surface area contributed by atoms with Gasteiger partial charge < -0.3 is 5.73 Å². The van der Waals surface area contributed by atoms with E-state index in [1.807, 2.05) is 0 Å². The van der Waals surface area contributed by atoms with Crippen molar-refractivity contribution in [2.24, 2.45) is 0 Å². The SMILES string of the molecule is Nc1nc(C(F)(F)F)nn1C(=O)CCCCCN1C(=O)c2ccccc2C1=O. The van der Waals surface area contributed by atoms with Crippen molar-refractivity contribution in [3.8, 4) is 0 Å². The number of carbonyl (C=O) groups excluding carboxylic acids is 3. The molecule has 3 rings (SSSR count). The molecule has 1 aromatic heterocycles. The Labute approximate surface area is 157 Å². The van der Waals surface area contributed by atoms with Gasteiger partial charge in [-0.3, -0.25) is 19.3 Å². The summed E-state index contributed by atoms with van der Waals surface area (Å²) in [5, 5.41) is 3.09. The number of rotatable bonds is 6. The van der Waals surface area contributed by atoms with E-state index in [0.29, 0.717) is 35.1 Å². The summed E-state index contributed by atoms with van der Waals surface area (Å²) in [5.74, 6) is -3.51. The van der Waals surface area contributed by atoms with Gasteiger partial charge in [0.15, 0.2) is 0 Å². The summed E-state index contributed by atoms with van der Waals surface area (Å²) in [6, 6.07) is 6.54. The number of halogens is 3. The van der Waals surface area contributed by atoms with Crippen molar-refractivity contribution in [1.82, 2.24) is 19.7 Å². The second kappa shape index (κ2) is 7.41. The number of fused-ring (bicyclic) bond motifs is 1. The average Bonchev–Trinajstić information content (AvgIpc) is 3.15. The van der Waals surface area contributed by atoms with Crippen molar-refractivity contribution in [3.63, 3.8) is 0 Å². The number of anilines is 1. The van der Waals surface area contributed by atoms with Crippen LogP contribution in [0.2, 0.25) is 0 Å². The number of nitrogen functional groups attached to an aromatic ring is 1. The van der Waals surface area contributed by atoms with Crippen LogP contribution in [-0.4, -0.2) is 43.9 Å². The Balaban J connectivity index is 1.47. The lowest BCUT2D eigenvalue weighted by molar-refractivity contribution is -0.144. The summed E-state index contributed by atoms with van der Waals surface area (Å²) < 4.78 is 38.1. The summed E-state index contributed by atoms with van der Waals surface area (Å²) in [5.41, 5.74) is 6.04. The van der Waals surface area contributed by atoms with Gasteiger partial charge in [0, 0.05) is 13.0 Å². The van der Waals surface area contributed by atoms with E-state index in [2.05, 4.69) is 10.1 Å². The van der Waals surface area contributed by atoms with Crippen LogP contribution >= 0.6 is 0 Å². The third-order valence-corrected chi connectivity index (χ3v) is 4.27. The Morgan fingerprint density at radius 1 is 1.04 bits per heavy atom. The van der Waals surface area contributed by atoms with Gasteiger partial charge in [0.25, 0.3) is 17.6 Å². The van der Waals surface area contributed by atoms with Gasteiger partial charge >= 0.3 is 6.18 Å². The van der Waals surface area contributed by atoms with Crippen molar-refractivity contribution in [2.45, 2.75) is 31.9 Å². The molecule has 28 heavy (non-hydrogen) atoms. The van der Waals surface area contributed by atoms with Gasteiger partial charge in [-0.05, 0) is 25.0 Å². The molecule has 0 spiro atoms. The third kappa shape index (κ3) is 3.73. The number of hydrogen-bond acceptors (Lipinski definition) is 6. The highest BCUT2D eigenvalue weighted by molar-refractivity contribution is 6.21. The number of amides is 2. The molecular weight excluding hydrogens is 379 g/mol. The highest BCUT2D eigenvalue weighted by Crippen LogP contribution is 2.27. The highest BCUT2D eigenvalue weighted by atomic mass is 19.4. The first-order chi connectivity index (χ1) is 13.2. The number of unbranched alkanes of at least 4 members (excludes halogenated alkanes) is 2. The van der Waals surface area contributed by atoms with Gasteiger partial charge in [0.05, 0.1) is 11.1 Å². The van der Waals surface area contributed by atoms with E-state index in [1.54, 1.807) is 24.3 Å². The minimum Gasteiger partial charge on any atom is -0.368 e. The molecule has 0 unspecified atom stereocenters. The number of imide groups is 1. The van der Waals surface area contributed by atoms with Crippen LogP contribution in [0.5, 0.6) is 0 Å². The predicted molar refractivity (Wildman–Crippen MR) is 90.3 cm³/mol. The topological polar surface area (TPSA) is 111 Å². The maximum atomic E-state index is 12.5. The van der Waals surface area contributed by atoms with Crippen LogP contribution in [0.4, 0.5) is 19.1 Å². The summed E-state index contributed by atoms with van der Waals surface area (Å²) >= 11 is 0. The average molecular weight is 395 g/mol. The molecule has 1 aliphatic rings. The Kier molecular flexibility index (Phi) is 5.16. The van der Waals surface area contributed by atoms with Crippen LogP contribution in [0.1, 0.15) is 57.0 Å². The summed E-state index contributed by atoms with van der Waals surface area (Å²) in [6.45, 7) is 0.199. The van der Waals surface area contributed by atoms with Crippen LogP contribution in [0.15, 0.2) is 24.3 Å². The number of benzene rings is 1. The van der Waals surface area contributed by atoms with Crippen LogP contribution < -0.4 is 5.73 Å². The van der Waals surface area contributed by atoms with E-state index in [9.17, 15) is 27.6 Å². The number of alkyl halides is 3.